The maximum Gasteiger partial charge on any atom is 0.239 e. The van der Waals surface area contributed by atoms with Crippen molar-refractivity contribution < 1.29 is 17.9 Å². The van der Waals surface area contributed by atoms with E-state index in [2.05, 4.69) is 0 Å². The van der Waals surface area contributed by atoms with Gasteiger partial charge in [-0.1, -0.05) is 0 Å². The van der Waals surface area contributed by atoms with Gasteiger partial charge in [-0.05, 0) is 13.3 Å². The van der Waals surface area contributed by atoms with Crippen molar-refractivity contribution in [3.05, 3.63) is 0 Å². The van der Waals surface area contributed by atoms with E-state index in [1.807, 2.05) is 6.92 Å². The highest BCUT2D eigenvalue weighted by atomic mass is 32.2. The van der Waals surface area contributed by atoms with Crippen LogP contribution in [0.15, 0.2) is 0 Å². The van der Waals surface area contributed by atoms with Crippen LogP contribution < -0.4 is 5.73 Å². The van der Waals surface area contributed by atoms with Crippen molar-refractivity contribution in [1.29, 1.82) is 0 Å². The van der Waals surface area contributed by atoms with Gasteiger partial charge in [0.15, 0.2) is 0 Å². The molecule has 2 atom stereocenters. The number of ether oxygens (including phenoxy) is 1. The molecule has 0 aromatic rings. The second kappa shape index (κ2) is 5.79. The standard InChI is InChI=1S/C10H20N2O4S/c1-8-7-16-5-4-12(8)10(13)9(11)3-6-17(2,14)15/h8-9H,3-7,11H2,1-2H3/t8-,9?/m1/s1. The lowest BCUT2D eigenvalue weighted by Gasteiger charge is -2.34. The Morgan fingerprint density at radius 1 is 1.59 bits per heavy atom. The molecule has 0 saturated carbocycles. The number of sulfone groups is 1. The van der Waals surface area contributed by atoms with Gasteiger partial charge in [0.1, 0.15) is 9.84 Å². The summed E-state index contributed by atoms with van der Waals surface area (Å²) in [5, 5.41) is 0. The van der Waals surface area contributed by atoms with E-state index in [1.165, 1.54) is 0 Å². The molecule has 1 aliphatic rings. The highest BCUT2D eigenvalue weighted by molar-refractivity contribution is 7.90. The molecular weight excluding hydrogens is 244 g/mol. The Morgan fingerprint density at radius 2 is 2.24 bits per heavy atom. The number of hydrogen-bond donors (Lipinski definition) is 1. The minimum absolute atomic E-state index is 0.000494. The molecule has 1 aliphatic heterocycles. The molecule has 1 unspecified atom stereocenters. The zero-order valence-electron chi connectivity index (χ0n) is 10.3. The van der Waals surface area contributed by atoms with E-state index in [4.69, 9.17) is 10.5 Å². The molecule has 0 bridgehead atoms. The van der Waals surface area contributed by atoms with Crippen LogP contribution in [0.4, 0.5) is 0 Å². The van der Waals surface area contributed by atoms with E-state index in [0.29, 0.717) is 19.8 Å². The van der Waals surface area contributed by atoms with Gasteiger partial charge in [0, 0.05) is 12.8 Å². The van der Waals surface area contributed by atoms with Crippen LogP contribution in [-0.2, 0) is 19.4 Å². The van der Waals surface area contributed by atoms with Crippen molar-refractivity contribution in [2.75, 3.05) is 31.8 Å². The number of morpholine rings is 1. The first-order valence-corrected chi connectivity index (χ1v) is 7.69. The summed E-state index contributed by atoms with van der Waals surface area (Å²) < 4.78 is 27.2. The maximum absolute atomic E-state index is 12.0. The maximum atomic E-state index is 12.0. The first kappa shape index (κ1) is 14.4. The van der Waals surface area contributed by atoms with Gasteiger partial charge < -0.3 is 15.4 Å². The van der Waals surface area contributed by atoms with Crippen LogP contribution in [0.2, 0.25) is 0 Å². The summed E-state index contributed by atoms with van der Waals surface area (Å²) in [6.07, 6.45) is 1.31. The van der Waals surface area contributed by atoms with E-state index in [0.717, 1.165) is 6.26 Å². The van der Waals surface area contributed by atoms with Gasteiger partial charge in [0.2, 0.25) is 5.91 Å². The average molecular weight is 264 g/mol. The third kappa shape index (κ3) is 4.61. The zero-order valence-corrected chi connectivity index (χ0v) is 11.1. The molecule has 0 spiro atoms. The number of nitrogens with two attached hydrogens (primary N) is 1. The van der Waals surface area contributed by atoms with Crippen molar-refractivity contribution in [1.82, 2.24) is 4.90 Å². The van der Waals surface area contributed by atoms with Crippen LogP contribution in [0.5, 0.6) is 0 Å². The molecule has 0 aromatic carbocycles. The molecule has 0 aliphatic carbocycles. The summed E-state index contributed by atoms with van der Waals surface area (Å²) >= 11 is 0. The van der Waals surface area contributed by atoms with E-state index >= 15 is 0 Å². The monoisotopic (exact) mass is 264 g/mol. The first-order valence-electron chi connectivity index (χ1n) is 5.63. The lowest BCUT2D eigenvalue weighted by Crippen LogP contribution is -2.53. The molecule has 2 N–H and O–H groups in total. The van der Waals surface area contributed by atoms with Crippen molar-refractivity contribution in [3.8, 4) is 0 Å². The SMILES string of the molecule is C[C@@H]1COCCN1C(=O)C(N)CCS(C)(=O)=O. The van der Waals surface area contributed by atoms with Crippen LogP contribution in [0.3, 0.4) is 0 Å². The predicted octanol–water partition coefficient (Wildman–Crippen LogP) is -1.00. The summed E-state index contributed by atoms with van der Waals surface area (Å²) in [5.41, 5.74) is 5.72. The Kier molecular flexibility index (Phi) is 4.91. The Hall–Kier alpha value is -0.660. The minimum atomic E-state index is -3.07. The Balaban J connectivity index is 2.50. The summed E-state index contributed by atoms with van der Waals surface area (Å²) in [7, 11) is -3.07. The van der Waals surface area contributed by atoms with E-state index in [-0.39, 0.29) is 24.1 Å². The number of hydrogen-bond acceptors (Lipinski definition) is 5. The average Bonchev–Trinajstić information content (AvgIpc) is 2.24. The highest BCUT2D eigenvalue weighted by Crippen LogP contribution is 2.09. The second-order valence-electron chi connectivity index (χ2n) is 4.48. The molecule has 1 heterocycles. The van der Waals surface area contributed by atoms with Crippen molar-refractivity contribution in [2.45, 2.75) is 25.4 Å². The number of carbonyl (C=O) groups excluding carboxylic acids is 1. The molecule has 0 aromatic heterocycles. The molecule has 1 fully saturated rings. The molecule has 17 heavy (non-hydrogen) atoms. The molecule has 1 amide bonds. The molecule has 100 valence electrons. The number of carbonyl (C=O) groups is 1. The van der Waals surface area contributed by atoms with Crippen LogP contribution in [0, 0.1) is 0 Å². The number of nitrogens with zero attached hydrogens (tertiary/aromatic N) is 1. The van der Waals surface area contributed by atoms with Crippen molar-refractivity contribution >= 4 is 15.7 Å². The lowest BCUT2D eigenvalue weighted by atomic mass is 10.1. The fourth-order valence-electron chi connectivity index (χ4n) is 1.73. The second-order valence-corrected chi connectivity index (χ2v) is 6.74. The first-order chi connectivity index (χ1) is 7.81. The molecule has 1 saturated heterocycles. The molecule has 7 heteroatoms. The topological polar surface area (TPSA) is 89.7 Å². The summed E-state index contributed by atoms with van der Waals surface area (Å²) in [4.78, 5) is 13.6. The molecule has 0 radical (unpaired) electrons. The third-order valence-corrected chi connectivity index (χ3v) is 3.74. The van der Waals surface area contributed by atoms with E-state index < -0.39 is 15.9 Å². The minimum Gasteiger partial charge on any atom is -0.377 e. The highest BCUT2D eigenvalue weighted by Gasteiger charge is 2.28. The van der Waals surface area contributed by atoms with Gasteiger partial charge in [-0.15, -0.1) is 0 Å². The quantitative estimate of drug-likeness (QED) is 0.703. The van der Waals surface area contributed by atoms with Gasteiger partial charge in [-0.25, -0.2) is 8.42 Å². The van der Waals surface area contributed by atoms with Crippen LogP contribution in [0.1, 0.15) is 13.3 Å². The fourth-order valence-corrected chi connectivity index (χ4v) is 2.41. The van der Waals surface area contributed by atoms with Crippen LogP contribution in [0.25, 0.3) is 0 Å². The Bertz CT molecular complexity index is 369. The Labute approximate surface area is 102 Å². The van der Waals surface area contributed by atoms with Gasteiger partial charge in [-0.2, -0.15) is 0 Å². The molecule has 1 rings (SSSR count). The largest absolute Gasteiger partial charge is 0.377 e. The number of rotatable bonds is 4. The van der Waals surface area contributed by atoms with Crippen LogP contribution in [-0.4, -0.2) is 63.1 Å². The third-order valence-electron chi connectivity index (χ3n) is 2.77. The molecule has 6 nitrogen and oxygen atoms in total. The number of amides is 1. The smallest absolute Gasteiger partial charge is 0.239 e. The summed E-state index contributed by atoms with van der Waals surface area (Å²) in [5.74, 6) is -0.247. The Morgan fingerprint density at radius 3 is 2.76 bits per heavy atom. The van der Waals surface area contributed by atoms with Crippen LogP contribution >= 0.6 is 0 Å². The van der Waals surface area contributed by atoms with Crippen molar-refractivity contribution in [2.24, 2.45) is 5.73 Å². The van der Waals surface area contributed by atoms with Gasteiger partial charge in [0.05, 0.1) is 31.1 Å². The van der Waals surface area contributed by atoms with Gasteiger partial charge >= 0.3 is 0 Å². The predicted molar refractivity (Wildman–Crippen MR) is 64.3 cm³/mol. The van der Waals surface area contributed by atoms with Gasteiger partial charge in [-0.3, -0.25) is 4.79 Å². The fraction of sp³-hybridized carbons (Fsp3) is 0.900. The van der Waals surface area contributed by atoms with Crippen molar-refractivity contribution in [3.63, 3.8) is 0 Å². The normalized spacial score (nSPS) is 23.5. The van der Waals surface area contributed by atoms with E-state index in [9.17, 15) is 13.2 Å². The van der Waals surface area contributed by atoms with E-state index in [1.54, 1.807) is 4.90 Å². The summed E-state index contributed by atoms with van der Waals surface area (Å²) in [6, 6.07) is -0.745. The molecular formula is C10H20N2O4S. The van der Waals surface area contributed by atoms with Gasteiger partial charge in [0.25, 0.3) is 0 Å². The summed E-state index contributed by atoms with van der Waals surface area (Å²) in [6.45, 7) is 3.42. The zero-order chi connectivity index (χ0) is 13.1. The lowest BCUT2D eigenvalue weighted by molar-refractivity contribution is -0.140.